The largest absolute Gasteiger partial charge is 0.383 e. The van der Waals surface area contributed by atoms with Crippen molar-refractivity contribution in [3.05, 3.63) is 51.6 Å². The molecule has 1 fully saturated rings. The molecule has 0 unspecified atom stereocenters. The molecule has 0 spiro atoms. The predicted molar refractivity (Wildman–Crippen MR) is 104 cm³/mol. The molecule has 0 aliphatic heterocycles. The third-order valence-electron chi connectivity index (χ3n) is 4.24. The fourth-order valence-electron chi connectivity index (χ4n) is 2.55. The van der Waals surface area contributed by atoms with Crippen LogP contribution in [0.4, 0.5) is 9.39 Å². The number of thiophene rings is 1. The Morgan fingerprint density at radius 1 is 1.33 bits per heavy atom. The zero-order valence-corrected chi connectivity index (χ0v) is 16.4. The van der Waals surface area contributed by atoms with Crippen molar-refractivity contribution >= 4 is 39.8 Å². The Morgan fingerprint density at radius 2 is 2.11 bits per heavy atom. The zero-order chi connectivity index (χ0) is 19.4. The topological polar surface area (TPSA) is 58.6 Å². The Balaban J connectivity index is 1.72. The fraction of sp³-hybridized carbons (Fsp3) is 0.368. The van der Waals surface area contributed by atoms with Gasteiger partial charge in [0.15, 0.2) is 0 Å². The number of nitrogens with zero attached hydrogens (tertiary/aromatic N) is 1. The van der Waals surface area contributed by atoms with Crippen LogP contribution in [0.5, 0.6) is 0 Å². The molecule has 5 nitrogen and oxygen atoms in total. The van der Waals surface area contributed by atoms with Crippen LogP contribution >= 0.6 is 22.9 Å². The van der Waals surface area contributed by atoms with Crippen molar-refractivity contribution in [2.45, 2.75) is 19.4 Å². The van der Waals surface area contributed by atoms with E-state index in [1.54, 1.807) is 30.2 Å². The van der Waals surface area contributed by atoms with Gasteiger partial charge in [-0.1, -0.05) is 17.7 Å². The number of methoxy groups -OCH3 is 1. The number of benzene rings is 1. The Labute approximate surface area is 166 Å². The molecule has 2 aromatic rings. The van der Waals surface area contributed by atoms with E-state index in [0.717, 1.165) is 12.8 Å². The second kappa shape index (κ2) is 8.82. The third-order valence-corrected chi connectivity index (χ3v) is 5.58. The van der Waals surface area contributed by atoms with E-state index in [1.807, 2.05) is 0 Å². The van der Waals surface area contributed by atoms with E-state index < -0.39 is 5.82 Å². The first-order chi connectivity index (χ1) is 13.0. The smallest absolute Gasteiger partial charge is 0.264 e. The van der Waals surface area contributed by atoms with Gasteiger partial charge in [-0.15, -0.1) is 11.3 Å². The normalized spacial score (nSPS) is 13.4. The molecule has 0 atom stereocenters. The lowest BCUT2D eigenvalue weighted by Crippen LogP contribution is -2.33. The summed E-state index contributed by atoms with van der Waals surface area (Å²) in [7, 11) is 1.56. The van der Waals surface area contributed by atoms with E-state index in [2.05, 4.69) is 5.32 Å². The molecule has 27 heavy (non-hydrogen) atoms. The van der Waals surface area contributed by atoms with E-state index in [1.165, 1.54) is 23.5 Å². The summed E-state index contributed by atoms with van der Waals surface area (Å²) in [4.78, 5) is 26.9. The summed E-state index contributed by atoms with van der Waals surface area (Å²) < 4.78 is 18.4. The highest BCUT2D eigenvalue weighted by molar-refractivity contribution is 7.18. The Morgan fingerprint density at radius 3 is 2.78 bits per heavy atom. The number of hydrogen-bond donors (Lipinski definition) is 1. The molecular formula is C19H20ClFN2O3S. The van der Waals surface area contributed by atoms with Gasteiger partial charge in [-0.3, -0.25) is 9.59 Å². The van der Waals surface area contributed by atoms with Gasteiger partial charge in [-0.25, -0.2) is 4.39 Å². The van der Waals surface area contributed by atoms with E-state index in [0.29, 0.717) is 28.6 Å². The minimum atomic E-state index is -0.423. The maximum absolute atomic E-state index is 13.3. The monoisotopic (exact) mass is 410 g/mol. The molecule has 1 N–H and O–H groups in total. The number of ether oxygens (including phenoxy) is 1. The average molecular weight is 411 g/mol. The number of anilines is 1. The second-order valence-electron chi connectivity index (χ2n) is 6.38. The zero-order valence-electron chi connectivity index (χ0n) is 14.8. The number of carbonyl (C=O) groups excluding carboxylic acids is 2. The Hall–Kier alpha value is -1.96. The van der Waals surface area contributed by atoms with Gasteiger partial charge in [0, 0.05) is 31.1 Å². The Bertz CT molecular complexity index is 838. The quantitative estimate of drug-likeness (QED) is 0.710. The van der Waals surface area contributed by atoms with Gasteiger partial charge < -0.3 is 15.0 Å². The third kappa shape index (κ3) is 5.28. The molecule has 8 heteroatoms. The molecule has 1 heterocycles. The van der Waals surface area contributed by atoms with Crippen LogP contribution < -0.4 is 5.32 Å². The van der Waals surface area contributed by atoms with Crippen molar-refractivity contribution < 1.29 is 18.7 Å². The van der Waals surface area contributed by atoms with Gasteiger partial charge >= 0.3 is 0 Å². The van der Waals surface area contributed by atoms with Crippen LogP contribution in [0.3, 0.4) is 0 Å². The highest BCUT2D eigenvalue weighted by atomic mass is 35.5. The van der Waals surface area contributed by atoms with Crippen molar-refractivity contribution in [2.75, 3.05) is 25.6 Å². The number of amides is 2. The maximum atomic E-state index is 13.3. The van der Waals surface area contributed by atoms with Gasteiger partial charge in [0.05, 0.1) is 16.5 Å². The average Bonchev–Trinajstić information content (AvgIpc) is 3.39. The molecule has 1 aliphatic carbocycles. The lowest BCUT2D eigenvalue weighted by atomic mass is 10.2. The highest BCUT2D eigenvalue weighted by Crippen LogP contribution is 2.32. The predicted octanol–water partition coefficient (Wildman–Crippen LogP) is 4.18. The van der Waals surface area contributed by atoms with E-state index in [-0.39, 0.29) is 29.3 Å². The molecule has 0 saturated heterocycles. The summed E-state index contributed by atoms with van der Waals surface area (Å²) in [5.74, 6) is -0.507. The second-order valence-corrected chi connectivity index (χ2v) is 7.87. The SMILES string of the molecule is COCCN(Cc1ccc(F)cc1Cl)C(=O)c1ccc(NC(=O)C2CC2)s1. The van der Waals surface area contributed by atoms with Crippen molar-refractivity contribution in [3.8, 4) is 0 Å². The van der Waals surface area contributed by atoms with Crippen molar-refractivity contribution in [3.63, 3.8) is 0 Å². The molecule has 1 saturated carbocycles. The first kappa shape index (κ1) is 19.8. The molecule has 2 amide bonds. The standard InChI is InChI=1S/C19H20ClFN2O3S/c1-26-9-8-23(11-13-4-5-14(21)10-15(13)20)19(25)16-6-7-17(27-16)22-18(24)12-2-3-12/h4-7,10,12H,2-3,8-9,11H2,1H3,(H,22,24). The molecule has 3 rings (SSSR count). The summed E-state index contributed by atoms with van der Waals surface area (Å²) in [5.41, 5.74) is 0.654. The number of rotatable bonds is 8. The van der Waals surface area contributed by atoms with Crippen LogP contribution in [-0.2, 0) is 16.1 Å². The van der Waals surface area contributed by atoms with E-state index >= 15 is 0 Å². The number of halogens is 2. The fourth-order valence-corrected chi connectivity index (χ4v) is 3.66. The molecule has 1 aromatic heterocycles. The van der Waals surface area contributed by atoms with Crippen molar-refractivity contribution in [1.29, 1.82) is 0 Å². The summed E-state index contributed by atoms with van der Waals surface area (Å²) in [5, 5.41) is 3.77. The molecule has 1 aromatic carbocycles. The van der Waals surface area contributed by atoms with Crippen LogP contribution in [0.2, 0.25) is 5.02 Å². The van der Waals surface area contributed by atoms with E-state index in [9.17, 15) is 14.0 Å². The Kier molecular flexibility index (Phi) is 6.46. The number of carbonyl (C=O) groups is 2. The first-order valence-corrected chi connectivity index (χ1v) is 9.80. The highest BCUT2D eigenvalue weighted by Gasteiger charge is 2.30. The summed E-state index contributed by atoms with van der Waals surface area (Å²) in [6.07, 6.45) is 1.85. The molecular weight excluding hydrogens is 391 g/mol. The number of hydrogen-bond acceptors (Lipinski definition) is 4. The van der Waals surface area contributed by atoms with E-state index in [4.69, 9.17) is 16.3 Å². The minimum absolute atomic E-state index is 0.00480. The maximum Gasteiger partial charge on any atom is 0.264 e. The first-order valence-electron chi connectivity index (χ1n) is 8.60. The summed E-state index contributed by atoms with van der Waals surface area (Å²) in [6, 6.07) is 7.54. The van der Waals surface area contributed by atoms with Gasteiger partial charge in [-0.05, 0) is 42.7 Å². The van der Waals surface area contributed by atoms with Crippen LogP contribution in [0, 0.1) is 11.7 Å². The lowest BCUT2D eigenvalue weighted by Gasteiger charge is -2.22. The molecule has 144 valence electrons. The minimum Gasteiger partial charge on any atom is -0.383 e. The van der Waals surface area contributed by atoms with Gasteiger partial charge in [0.1, 0.15) is 5.82 Å². The molecule has 1 aliphatic rings. The summed E-state index contributed by atoms with van der Waals surface area (Å²) >= 11 is 7.34. The lowest BCUT2D eigenvalue weighted by molar-refractivity contribution is -0.117. The van der Waals surface area contributed by atoms with Gasteiger partial charge in [0.25, 0.3) is 5.91 Å². The molecule has 0 radical (unpaired) electrons. The van der Waals surface area contributed by atoms with Crippen molar-refractivity contribution in [1.82, 2.24) is 4.90 Å². The van der Waals surface area contributed by atoms with Crippen LogP contribution in [0.15, 0.2) is 30.3 Å². The van der Waals surface area contributed by atoms with Gasteiger partial charge in [0.2, 0.25) is 5.91 Å². The molecule has 0 bridgehead atoms. The van der Waals surface area contributed by atoms with Crippen LogP contribution in [0.25, 0.3) is 0 Å². The van der Waals surface area contributed by atoms with Crippen LogP contribution in [-0.4, -0.2) is 37.0 Å². The van der Waals surface area contributed by atoms with Gasteiger partial charge in [-0.2, -0.15) is 0 Å². The number of nitrogens with one attached hydrogen (secondary N) is 1. The van der Waals surface area contributed by atoms with Crippen LogP contribution in [0.1, 0.15) is 28.1 Å². The summed E-state index contributed by atoms with van der Waals surface area (Å²) in [6.45, 7) is 0.967. The van der Waals surface area contributed by atoms with Crippen molar-refractivity contribution in [2.24, 2.45) is 5.92 Å².